The minimum absolute atomic E-state index is 0.0410. The summed E-state index contributed by atoms with van der Waals surface area (Å²) in [6.45, 7) is 7.09. The molecule has 0 radical (unpaired) electrons. The molecule has 3 N–H and O–H groups in total. The van der Waals surface area contributed by atoms with Crippen LogP contribution in [0.15, 0.2) is 6.07 Å². The summed E-state index contributed by atoms with van der Waals surface area (Å²) in [5, 5.41) is 13.6. The summed E-state index contributed by atoms with van der Waals surface area (Å²) in [7, 11) is 0. The van der Waals surface area contributed by atoms with Crippen molar-refractivity contribution in [1.82, 2.24) is 20.8 Å². The second-order valence-corrected chi connectivity index (χ2v) is 9.30. The van der Waals surface area contributed by atoms with Crippen molar-refractivity contribution in [1.29, 1.82) is 0 Å². The number of alkyl halides is 2. The summed E-state index contributed by atoms with van der Waals surface area (Å²) in [5.74, 6) is -2.15. The highest BCUT2D eigenvalue weighted by Gasteiger charge is 2.35. The van der Waals surface area contributed by atoms with E-state index in [9.17, 15) is 13.6 Å². The van der Waals surface area contributed by atoms with E-state index in [1.165, 1.54) is 0 Å². The van der Waals surface area contributed by atoms with Gasteiger partial charge < -0.3 is 10.6 Å². The minimum atomic E-state index is -2.44. The van der Waals surface area contributed by atoms with Crippen LogP contribution in [0, 0.1) is 5.92 Å². The van der Waals surface area contributed by atoms with Crippen molar-refractivity contribution in [3.05, 3.63) is 17.5 Å². The normalized spacial score (nSPS) is 25.8. The molecule has 1 heterocycles. The third kappa shape index (κ3) is 5.50. The topological polar surface area (TPSA) is 69.8 Å². The van der Waals surface area contributed by atoms with E-state index in [0.29, 0.717) is 30.5 Å². The molecule has 1 aromatic rings. The average Bonchev–Trinajstić information content (AvgIpc) is 3.04. The number of amides is 1. The minimum Gasteiger partial charge on any atom is -0.348 e. The first-order chi connectivity index (χ1) is 12.6. The van der Waals surface area contributed by atoms with Crippen LogP contribution in [0.25, 0.3) is 0 Å². The van der Waals surface area contributed by atoms with Crippen molar-refractivity contribution in [3.8, 4) is 0 Å². The van der Waals surface area contributed by atoms with Gasteiger partial charge in [0.15, 0.2) is 0 Å². The summed E-state index contributed by atoms with van der Waals surface area (Å²) in [6.07, 6.45) is 4.14. The van der Waals surface area contributed by atoms with Crippen LogP contribution in [-0.4, -0.2) is 40.7 Å². The fourth-order valence-corrected chi connectivity index (χ4v) is 3.86. The molecule has 2 fully saturated rings. The lowest BCUT2D eigenvalue weighted by Gasteiger charge is -2.37. The fourth-order valence-electron chi connectivity index (χ4n) is 3.86. The van der Waals surface area contributed by atoms with Crippen LogP contribution in [0.1, 0.15) is 81.9 Å². The van der Waals surface area contributed by atoms with Crippen LogP contribution in [0.3, 0.4) is 0 Å². The highest BCUT2D eigenvalue weighted by Crippen LogP contribution is 2.37. The predicted molar refractivity (Wildman–Crippen MR) is 101 cm³/mol. The van der Waals surface area contributed by atoms with Gasteiger partial charge in [0.2, 0.25) is 5.92 Å². The molecule has 3 rings (SSSR count). The summed E-state index contributed by atoms with van der Waals surface area (Å²) in [5.41, 5.74) is 1.32. The standard InChI is InChI=1S/C20H32F2N4O/c1-19(2,3)17-12-16(25-26-17)18(27)24-15-10-14(11-15)23-9-6-13-4-7-20(21,22)8-5-13/h12-15,23H,4-11H2,1-3H3,(H,24,27)(H,25,26). The molecule has 0 saturated heterocycles. The second kappa shape index (κ2) is 7.86. The third-order valence-electron chi connectivity index (χ3n) is 5.91. The van der Waals surface area contributed by atoms with E-state index >= 15 is 0 Å². The summed E-state index contributed by atoms with van der Waals surface area (Å²) < 4.78 is 26.3. The lowest BCUT2D eigenvalue weighted by atomic mass is 9.84. The first-order valence-corrected chi connectivity index (χ1v) is 10.1. The number of nitrogens with one attached hydrogen (secondary N) is 3. The number of aromatic nitrogens is 2. The highest BCUT2D eigenvalue weighted by molar-refractivity contribution is 5.92. The molecule has 0 unspecified atom stereocenters. The first kappa shape index (κ1) is 20.2. The zero-order valence-corrected chi connectivity index (χ0v) is 16.6. The molecule has 0 bridgehead atoms. The number of hydrogen-bond acceptors (Lipinski definition) is 3. The van der Waals surface area contributed by atoms with E-state index < -0.39 is 5.92 Å². The van der Waals surface area contributed by atoms with E-state index in [2.05, 4.69) is 41.6 Å². The van der Waals surface area contributed by atoms with E-state index in [-0.39, 0.29) is 30.2 Å². The fraction of sp³-hybridized carbons (Fsp3) is 0.800. The van der Waals surface area contributed by atoms with Gasteiger partial charge in [-0.1, -0.05) is 20.8 Å². The van der Waals surface area contributed by atoms with Gasteiger partial charge in [0.25, 0.3) is 5.91 Å². The number of nitrogens with zero attached hydrogens (tertiary/aromatic N) is 1. The number of halogens is 2. The molecule has 7 heteroatoms. The van der Waals surface area contributed by atoms with Crippen molar-refractivity contribution in [2.24, 2.45) is 5.92 Å². The molecule has 1 aromatic heterocycles. The zero-order chi connectivity index (χ0) is 19.7. The Labute approximate surface area is 160 Å². The van der Waals surface area contributed by atoms with Crippen molar-refractivity contribution >= 4 is 5.91 Å². The largest absolute Gasteiger partial charge is 0.348 e. The molecule has 0 spiro atoms. The van der Waals surface area contributed by atoms with Gasteiger partial charge in [0, 0.05) is 36.0 Å². The predicted octanol–water partition coefficient (Wildman–Crippen LogP) is 3.77. The van der Waals surface area contributed by atoms with Crippen molar-refractivity contribution in [2.75, 3.05) is 6.54 Å². The monoisotopic (exact) mass is 382 g/mol. The third-order valence-corrected chi connectivity index (χ3v) is 5.91. The van der Waals surface area contributed by atoms with E-state index in [1.54, 1.807) is 0 Å². The zero-order valence-electron chi connectivity index (χ0n) is 16.6. The van der Waals surface area contributed by atoms with Crippen LogP contribution in [-0.2, 0) is 5.41 Å². The molecule has 1 amide bonds. The molecule has 152 valence electrons. The second-order valence-electron chi connectivity index (χ2n) is 9.30. The van der Waals surface area contributed by atoms with E-state index in [0.717, 1.165) is 31.5 Å². The van der Waals surface area contributed by atoms with Crippen LogP contribution >= 0.6 is 0 Å². The first-order valence-electron chi connectivity index (χ1n) is 10.1. The average molecular weight is 382 g/mol. The maximum atomic E-state index is 13.2. The summed E-state index contributed by atoms with van der Waals surface area (Å²) >= 11 is 0. The Kier molecular flexibility index (Phi) is 5.89. The molecule has 27 heavy (non-hydrogen) atoms. The number of rotatable bonds is 6. The Morgan fingerprint density at radius 3 is 2.52 bits per heavy atom. The van der Waals surface area contributed by atoms with Crippen LogP contribution < -0.4 is 10.6 Å². The Morgan fingerprint density at radius 1 is 1.26 bits per heavy atom. The number of carbonyl (C=O) groups excluding carboxylic acids is 1. The van der Waals surface area contributed by atoms with Gasteiger partial charge in [-0.15, -0.1) is 0 Å². The van der Waals surface area contributed by atoms with Crippen LogP contribution in [0.5, 0.6) is 0 Å². The Balaban J connectivity index is 1.31. The van der Waals surface area contributed by atoms with Crippen LogP contribution in [0.2, 0.25) is 0 Å². The number of aromatic amines is 1. The smallest absolute Gasteiger partial charge is 0.271 e. The highest BCUT2D eigenvalue weighted by atomic mass is 19.3. The van der Waals surface area contributed by atoms with Gasteiger partial charge in [-0.05, 0) is 50.6 Å². The molecule has 2 aliphatic rings. The summed E-state index contributed by atoms with van der Waals surface area (Å²) in [4.78, 5) is 12.3. The molecular formula is C20H32F2N4O. The molecular weight excluding hydrogens is 350 g/mol. The number of H-pyrrole nitrogens is 1. The van der Waals surface area contributed by atoms with Gasteiger partial charge in [-0.3, -0.25) is 9.89 Å². The molecule has 2 aliphatic carbocycles. The van der Waals surface area contributed by atoms with Gasteiger partial charge in [-0.25, -0.2) is 8.78 Å². The molecule has 0 atom stereocenters. The van der Waals surface area contributed by atoms with E-state index in [1.807, 2.05) is 6.07 Å². The summed E-state index contributed by atoms with van der Waals surface area (Å²) in [6, 6.07) is 2.40. The quantitative estimate of drug-likeness (QED) is 0.701. The van der Waals surface area contributed by atoms with Crippen molar-refractivity contribution < 1.29 is 13.6 Å². The molecule has 5 nitrogen and oxygen atoms in total. The molecule has 0 aromatic carbocycles. The Hall–Kier alpha value is -1.50. The maximum Gasteiger partial charge on any atom is 0.271 e. The van der Waals surface area contributed by atoms with Crippen molar-refractivity contribution in [2.45, 2.75) is 89.1 Å². The van der Waals surface area contributed by atoms with Gasteiger partial charge in [0.1, 0.15) is 5.69 Å². The maximum absolute atomic E-state index is 13.2. The van der Waals surface area contributed by atoms with Gasteiger partial charge in [0.05, 0.1) is 0 Å². The van der Waals surface area contributed by atoms with Crippen molar-refractivity contribution in [3.63, 3.8) is 0 Å². The SMILES string of the molecule is CC(C)(C)c1cc(C(=O)NC2CC(NCCC3CCC(F)(F)CC3)C2)n[nH]1. The van der Waals surface area contributed by atoms with Gasteiger partial charge in [-0.2, -0.15) is 5.10 Å². The molecule has 2 saturated carbocycles. The number of carbonyl (C=O) groups is 1. The van der Waals surface area contributed by atoms with Gasteiger partial charge >= 0.3 is 0 Å². The number of hydrogen-bond donors (Lipinski definition) is 3. The lowest BCUT2D eigenvalue weighted by Crippen LogP contribution is -2.52. The van der Waals surface area contributed by atoms with Crippen LogP contribution in [0.4, 0.5) is 8.78 Å². The molecule has 0 aliphatic heterocycles. The lowest BCUT2D eigenvalue weighted by molar-refractivity contribution is -0.0465. The van der Waals surface area contributed by atoms with E-state index in [4.69, 9.17) is 0 Å². The Morgan fingerprint density at radius 2 is 1.93 bits per heavy atom. The Bertz CT molecular complexity index is 637.